The molecule has 2 atom stereocenters. The largest absolute Gasteiger partial charge is 0.465 e. The van der Waals surface area contributed by atoms with E-state index >= 15 is 4.39 Å². The molecule has 0 radical (unpaired) electrons. The first-order valence-electron chi connectivity index (χ1n) is 14.1. The molecule has 11 heteroatoms. The second kappa shape index (κ2) is 12.9. The summed E-state index contributed by atoms with van der Waals surface area (Å²) in [5, 5.41) is 10.5. The van der Waals surface area contributed by atoms with Crippen LogP contribution in [0.5, 0.6) is 0 Å². The van der Waals surface area contributed by atoms with Crippen LogP contribution in [0.25, 0.3) is 0 Å². The molecule has 4 aromatic carbocycles. The number of hydrogen-bond acceptors (Lipinski definition) is 3. The Hall–Kier alpha value is -4.02. The minimum absolute atomic E-state index is 0.00420. The molecule has 0 saturated heterocycles. The van der Waals surface area contributed by atoms with Crippen molar-refractivity contribution in [2.75, 3.05) is 10.8 Å². The van der Waals surface area contributed by atoms with Crippen LogP contribution >= 0.6 is 11.6 Å². The van der Waals surface area contributed by atoms with Gasteiger partial charge in [-0.25, -0.2) is 26.4 Å². The lowest BCUT2D eigenvalue weighted by Gasteiger charge is -2.35. The molecule has 0 fully saturated rings. The maximum atomic E-state index is 15.2. The van der Waals surface area contributed by atoms with Crippen molar-refractivity contribution in [3.8, 4) is 0 Å². The number of fused-ring (bicyclic) bond motifs is 1. The van der Waals surface area contributed by atoms with Gasteiger partial charge in [-0.05, 0) is 103 Å². The van der Waals surface area contributed by atoms with E-state index in [1.165, 1.54) is 48.2 Å². The zero-order valence-corrected chi connectivity index (χ0v) is 25.3. The lowest BCUT2D eigenvalue weighted by Crippen LogP contribution is -2.38. The fourth-order valence-corrected chi connectivity index (χ4v) is 7.69. The number of anilines is 1. The summed E-state index contributed by atoms with van der Waals surface area (Å²) in [5.74, 6) is -2.44. The van der Waals surface area contributed by atoms with Gasteiger partial charge in [0.15, 0.2) is 0 Å². The molecular weight excluding hydrogens is 613 g/mol. The first kappa shape index (κ1) is 31.4. The van der Waals surface area contributed by atoms with Crippen molar-refractivity contribution in [3.63, 3.8) is 0 Å². The quantitative estimate of drug-likeness (QED) is 0.199. The normalized spacial score (nSPS) is 15.3. The van der Waals surface area contributed by atoms with Crippen molar-refractivity contribution in [1.29, 1.82) is 0 Å². The van der Waals surface area contributed by atoms with Crippen molar-refractivity contribution < 1.29 is 31.5 Å². The van der Waals surface area contributed by atoms with E-state index in [-0.39, 0.29) is 22.9 Å². The number of carboxylic acid groups (broad SMARTS) is 1. The first-order chi connectivity index (χ1) is 21.0. The van der Waals surface area contributed by atoms with Gasteiger partial charge < -0.3 is 10.0 Å². The number of aryl methyl sites for hydroxylation is 1. The molecule has 1 amide bonds. The molecule has 4 aromatic rings. The van der Waals surface area contributed by atoms with E-state index in [2.05, 4.69) is 0 Å². The van der Waals surface area contributed by atoms with E-state index in [9.17, 15) is 27.1 Å². The fraction of sp³-hybridized carbons (Fsp3) is 0.242. The number of sulfonamides is 1. The lowest BCUT2D eigenvalue weighted by atomic mass is 9.86. The van der Waals surface area contributed by atoms with Crippen LogP contribution in [0.15, 0.2) is 89.8 Å². The van der Waals surface area contributed by atoms with Crippen LogP contribution in [0.1, 0.15) is 54.1 Å². The topological polar surface area (TPSA) is 77.9 Å². The Morgan fingerprint density at radius 3 is 2.39 bits per heavy atom. The highest BCUT2D eigenvalue weighted by atomic mass is 35.5. The van der Waals surface area contributed by atoms with Crippen molar-refractivity contribution in [1.82, 2.24) is 4.90 Å². The summed E-state index contributed by atoms with van der Waals surface area (Å²) in [6.45, 7) is 1.48. The zero-order chi connectivity index (χ0) is 31.6. The first-order valence-corrected chi connectivity index (χ1v) is 15.9. The van der Waals surface area contributed by atoms with Crippen LogP contribution in [-0.2, 0) is 22.9 Å². The summed E-state index contributed by atoms with van der Waals surface area (Å²) >= 11 is 5.97. The van der Waals surface area contributed by atoms with E-state index in [4.69, 9.17) is 11.6 Å². The number of benzene rings is 4. The summed E-state index contributed by atoms with van der Waals surface area (Å²) < 4.78 is 73.0. The van der Waals surface area contributed by atoms with E-state index in [0.29, 0.717) is 17.5 Å². The van der Waals surface area contributed by atoms with Gasteiger partial charge in [0.05, 0.1) is 22.7 Å². The molecule has 0 aromatic heterocycles. The van der Waals surface area contributed by atoms with Crippen LogP contribution in [-0.4, -0.2) is 31.1 Å². The summed E-state index contributed by atoms with van der Waals surface area (Å²) in [4.78, 5) is 13.6. The zero-order valence-electron chi connectivity index (χ0n) is 23.8. The average Bonchev–Trinajstić information content (AvgIpc) is 2.99. The van der Waals surface area contributed by atoms with Gasteiger partial charge in [-0.3, -0.25) is 4.31 Å². The van der Waals surface area contributed by atoms with Crippen molar-refractivity contribution in [2.45, 2.75) is 49.6 Å². The average molecular weight is 643 g/mol. The van der Waals surface area contributed by atoms with Crippen LogP contribution in [0.2, 0.25) is 5.02 Å². The van der Waals surface area contributed by atoms with Gasteiger partial charge in [0.2, 0.25) is 0 Å². The van der Waals surface area contributed by atoms with Crippen LogP contribution in [0.4, 0.5) is 23.7 Å². The molecule has 1 aliphatic rings. The molecule has 6 nitrogen and oxygen atoms in total. The third-order valence-corrected chi connectivity index (χ3v) is 10.2. The molecule has 1 aliphatic carbocycles. The summed E-state index contributed by atoms with van der Waals surface area (Å²) in [5.41, 5.74) is 2.11. The van der Waals surface area contributed by atoms with E-state index in [0.717, 1.165) is 52.5 Å². The van der Waals surface area contributed by atoms with Crippen LogP contribution in [0.3, 0.4) is 0 Å². The van der Waals surface area contributed by atoms with E-state index in [1.807, 2.05) is 24.3 Å². The Kier molecular flexibility index (Phi) is 9.22. The number of amides is 1. The molecular formula is C33H30ClF3N2O4S. The monoisotopic (exact) mass is 642 g/mol. The number of hydrogen-bond donors (Lipinski definition) is 1. The number of halogens is 4. The Balaban J connectivity index is 1.54. The Labute approximate surface area is 259 Å². The van der Waals surface area contributed by atoms with E-state index < -0.39 is 51.3 Å². The Bertz CT molecular complexity index is 1790. The molecule has 0 spiro atoms. The highest BCUT2D eigenvalue weighted by molar-refractivity contribution is 7.92. The molecule has 1 unspecified atom stereocenters. The number of nitrogens with zero attached hydrogens (tertiary/aromatic N) is 2. The van der Waals surface area contributed by atoms with Gasteiger partial charge >= 0.3 is 6.09 Å². The van der Waals surface area contributed by atoms with Crippen LogP contribution in [0, 0.1) is 17.5 Å². The van der Waals surface area contributed by atoms with Gasteiger partial charge in [-0.1, -0.05) is 41.9 Å². The maximum Gasteiger partial charge on any atom is 0.407 e. The second-order valence-electron chi connectivity index (χ2n) is 10.7. The number of carbonyl (C=O) groups is 1. The standard InChI is InChI=1S/C33H30ClF3N2O4S/c1-21(39(32-20-26(36)12-16-30(32)37)44(42,43)27-13-9-24(34)10-14-27)28-15-11-25(35)19-23(28)17-18-38(33(40)41)31-8-4-6-22-5-2-3-7-29(22)31/h2-3,5,7,9-16,19-21,31H,4,6,8,17-18H2,1H3,(H,40,41)/t21-,31?/m1/s1. The Morgan fingerprint density at radius 2 is 1.66 bits per heavy atom. The molecule has 230 valence electrons. The van der Waals surface area contributed by atoms with E-state index in [1.54, 1.807) is 0 Å². The SMILES string of the molecule is C[C@H](c1ccc(F)cc1CCN(C(=O)O)C1CCCc2ccccc21)N(c1cc(F)ccc1F)S(=O)(=O)c1ccc(Cl)cc1. The minimum Gasteiger partial charge on any atom is -0.465 e. The van der Waals surface area contributed by atoms with Crippen molar-refractivity contribution >= 4 is 33.4 Å². The van der Waals surface area contributed by atoms with Gasteiger partial charge in [-0.15, -0.1) is 0 Å². The van der Waals surface area contributed by atoms with Crippen molar-refractivity contribution in [3.05, 3.63) is 130 Å². The minimum atomic E-state index is -4.51. The van der Waals surface area contributed by atoms with Crippen molar-refractivity contribution in [2.24, 2.45) is 0 Å². The second-order valence-corrected chi connectivity index (χ2v) is 13.0. The summed E-state index contributed by atoms with van der Waals surface area (Å²) in [6, 6.07) is 17.6. The maximum absolute atomic E-state index is 15.2. The molecule has 5 rings (SSSR count). The summed E-state index contributed by atoms with van der Waals surface area (Å²) in [6.07, 6.45) is 1.20. The smallest absolute Gasteiger partial charge is 0.407 e. The fourth-order valence-electron chi connectivity index (χ4n) is 5.92. The van der Waals surface area contributed by atoms with Gasteiger partial charge in [0.1, 0.15) is 17.5 Å². The van der Waals surface area contributed by atoms with Gasteiger partial charge in [-0.2, -0.15) is 0 Å². The third-order valence-electron chi connectivity index (χ3n) is 8.00. The predicted octanol–water partition coefficient (Wildman–Crippen LogP) is 8.31. The molecule has 0 bridgehead atoms. The highest BCUT2D eigenvalue weighted by Crippen LogP contribution is 2.38. The molecule has 1 N–H and O–H groups in total. The molecule has 0 heterocycles. The van der Waals surface area contributed by atoms with Crippen LogP contribution < -0.4 is 4.31 Å². The van der Waals surface area contributed by atoms with Gasteiger partial charge in [0, 0.05) is 17.6 Å². The molecule has 44 heavy (non-hydrogen) atoms. The lowest BCUT2D eigenvalue weighted by molar-refractivity contribution is 0.119. The third kappa shape index (κ3) is 6.42. The highest BCUT2D eigenvalue weighted by Gasteiger charge is 2.34. The predicted molar refractivity (Wildman–Crippen MR) is 163 cm³/mol. The molecule has 0 saturated carbocycles. The molecule has 0 aliphatic heterocycles. The van der Waals surface area contributed by atoms with Gasteiger partial charge in [0.25, 0.3) is 10.0 Å². The summed E-state index contributed by atoms with van der Waals surface area (Å²) in [7, 11) is -4.51. The number of rotatable bonds is 9. The Morgan fingerprint density at radius 1 is 0.977 bits per heavy atom.